The molecule has 1 aliphatic rings. The number of benzene rings is 2. The van der Waals surface area contributed by atoms with E-state index < -0.39 is 0 Å². The molecule has 0 fully saturated rings. The maximum Gasteiger partial charge on any atom is 0.269 e. The summed E-state index contributed by atoms with van der Waals surface area (Å²) in [6.07, 6.45) is 1.12. The Hall–Kier alpha value is -2.82. The third-order valence-corrected chi connectivity index (χ3v) is 3.36. The summed E-state index contributed by atoms with van der Waals surface area (Å²) in [4.78, 5) is 23.4. The minimum atomic E-state index is -0.210. The minimum absolute atomic E-state index is 0.0189. The summed E-state index contributed by atoms with van der Waals surface area (Å²) in [6.45, 7) is 0. The van der Waals surface area contributed by atoms with Gasteiger partial charge in [0.05, 0.1) is 5.69 Å². The van der Waals surface area contributed by atoms with Gasteiger partial charge in [0.25, 0.3) is 5.91 Å². The first kappa shape index (κ1) is 13.2. The molecule has 0 spiro atoms. The molecule has 106 valence electrons. The van der Waals surface area contributed by atoms with Gasteiger partial charge in [-0.1, -0.05) is 18.2 Å². The molecular formula is C16H15N3O2. The fourth-order valence-electron chi connectivity index (χ4n) is 2.25. The van der Waals surface area contributed by atoms with Crippen molar-refractivity contribution in [3.63, 3.8) is 0 Å². The first-order chi connectivity index (χ1) is 10.2. The van der Waals surface area contributed by atoms with E-state index in [1.165, 1.54) is 0 Å². The van der Waals surface area contributed by atoms with Crippen LogP contribution in [0, 0.1) is 0 Å². The van der Waals surface area contributed by atoms with Crippen LogP contribution in [-0.4, -0.2) is 11.8 Å². The Balaban J connectivity index is 1.69. The topological polar surface area (TPSA) is 70.2 Å². The second kappa shape index (κ2) is 5.66. The van der Waals surface area contributed by atoms with Gasteiger partial charge < -0.3 is 5.32 Å². The zero-order valence-corrected chi connectivity index (χ0v) is 11.3. The highest BCUT2D eigenvalue weighted by Gasteiger charge is 2.16. The fourth-order valence-corrected chi connectivity index (χ4v) is 2.25. The molecule has 0 saturated carbocycles. The summed E-state index contributed by atoms with van der Waals surface area (Å²) in [5.74, 6) is -0.191. The summed E-state index contributed by atoms with van der Waals surface area (Å²) < 4.78 is 0. The van der Waals surface area contributed by atoms with E-state index in [4.69, 9.17) is 0 Å². The Morgan fingerprint density at radius 2 is 1.86 bits per heavy atom. The van der Waals surface area contributed by atoms with Crippen LogP contribution < -0.4 is 16.2 Å². The summed E-state index contributed by atoms with van der Waals surface area (Å²) in [5.41, 5.74) is 8.67. The molecule has 0 saturated heterocycles. The van der Waals surface area contributed by atoms with Crippen molar-refractivity contribution in [2.24, 2.45) is 0 Å². The molecular weight excluding hydrogens is 266 g/mol. The second-order valence-corrected chi connectivity index (χ2v) is 4.87. The van der Waals surface area contributed by atoms with Crippen molar-refractivity contribution in [2.45, 2.75) is 12.8 Å². The summed E-state index contributed by atoms with van der Waals surface area (Å²) in [6, 6.07) is 14.7. The van der Waals surface area contributed by atoms with E-state index in [0.717, 1.165) is 16.9 Å². The molecule has 3 N–H and O–H groups in total. The average Bonchev–Trinajstić information content (AvgIpc) is 2.53. The molecule has 0 unspecified atom stereocenters. The lowest BCUT2D eigenvalue weighted by Gasteiger charge is -2.17. The van der Waals surface area contributed by atoms with E-state index in [1.807, 2.05) is 36.4 Å². The van der Waals surface area contributed by atoms with E-state index >= 15 is 0 Å². The van der Waals surface area contributed by atoms with Crippen molar-refractivity contribution in [2.75, 3.05) is 10.7 Å². The Morgan fingerprint density at radius 1 is 1.05 bits per heavy atom. The molecule has 1 heterocycles. The molecule has 21 heavy (non-hydrogen) atoms. The predicted molar refractivity (Wildman–Crippen MR) is 80.9 cm³/mol. The van der Waals surface area contributed by atoms with Crippen LogP contribution in [0.1, 0.15) is 22.3 Å². The number of nitrogens with one attached hydrogen (secondary N) is 3. The number of hydrazine groups is 1. The van der Waals surface area contributed by atoms with Crippen molar-refractivity contribution >= 4 is 23.2 Å². The molecule has 0 bridgehead atoms. The van der Waals surface area contributed by atoms with E-state index in [-0.39, 0.29) is 11.8 Å². The number of fused-ring (bicyclic) bond motifs is 1. The number of aryl methyl sites for hydroxylation is 1. The number of hydrogen-bond donors (Lipinski definition) is 3. The molecule has 5 heteroatoms. The molecule has 0 aromatic heterocycles. The smallest absolute Gasteiger partial charge is 0.269 e. The van der Waals surface area contributed by atoms with Gasteiger partial charge in [0.2, 0.25) is 5.91 Å². The van der Waals surface area contributed by atoms with Crippen LogP contribution in [0.5, 0.6) is 0 Å². The molecule has 2 aromatic rings. The van der Waals surface area contributed by atoms with Crippen molar-refractivity contribution < 1.29 is 9.59 Å². The normalized spacial score (nSPS) is 13.0. The Morgan fingerprint density at radius 3 is 2.67 bits per heavy atom. The van der Waals surface area contributed by atoms with Crippen molar-refractivity contribution in [1.29, 1.82) is 0 Å². The van der Waals surface area contributed by atoms with Gasteiger partial charge in [-0.15, -0.1) is 0 Å². The molecule has 3 rings (SSSR count). The zero-order valence-electron chi connectivity index (χ0n) is 11.3. The molecule has 2 aromatic carbocycles. The molecule has 1 aliphatic heterocycles. The zero-order chi connectivity index (χ0) is 14.7. The van der Waals surface area contributed by atoms with Crippen LogP contribution in [0.3, 0.4) is 0 Å². The molecule has 5 nitrogen and oxygen atoms in total. The number of para-hydroxylation sites is 1. The van der Waals surface area contributed by atoms with Crippen molar-refractivity contribution in [1.82, 2.24) is 5.43 Å². The number of hydrogen-bond acceptors (Lipinski definition) is 3. The standard InChI is InChI=1S/C16H15N3O2/c20-15-9-7-11-10-12(6-8-14(11)17-15)16(21)19-18-13-4-2-1-3-5-13/h1-6,8,10,18H,7,9H2,(H,17,20)(H,19,21). The van der Waals surface area contributed by atoms with Crippen LogP contribution in [0.2, 0.25) is 0 Å². The lowest BCUT2D eigenvalue weighted by Crippen LogP contribution is -2.29. The maximum atomic E-state index is 12.1. The largest absolute Gasteiger partial charge is 0.326 e. The van der Waals surface area contributed by atoms with Crippen LogP contribution in [0.4, 0.5) is 11.4 Å². The Bertz CT molecular complexity index is 683. The number of carbonyl (C=O) groups excluding carboxylic acids is 2. The SMILES string of the molecule is O=C1CCc2cc(C(=O)NNc3ccccc3)ccc2N1. The van der Waals surface area contributed by atoms with Gasteiger partial charge in [0, 0.05) is 17.7 Å². The lowest BCUT2D eigenvalue weighted by molar-refractivity contribution is -0.116. The summed E-state index contributed by atoms with van der Waals surface area (Å²) in [7, 11) is 0. The quantitative estimate of drug-likeness (QED) is 0.756. The maximum absolute atomic E-state index is 12.1. The third-order valence-electron chi connectivity index (χ3n) is 3.36. The summed E-state index contributed by atoms with van der Waals surface area (Å²) >= 11 is 0. The van der Waals surface area contributed by atoms with Crippen LogP contribution in [0.25, 0.3) is 0 Å². The van der Waals surface area contributed by atoms with Crippen molar-refractivity contribution in [3.05, 3.63) is 59.7 Å². The van der Waals surface area contributed by atoms with Gasteiger partial charge in [-0.3, -0.25) is 20.4 Å². The fraction of sp³-hybridized carbons (Fsp3) is 0.125. The van der Waals surface area contributed by atoms with Gasteiger partial charge in [-0.05, 0) is 42.3 Å². The highest BCUT2D eigenvalue weighted by Crippen LogP contribution is 2.23. The highest BCUT2D eigenvalue weighted by atomic mass is 16.2. The van der Waals surface area contributed by atoms with E-state index in [2.05, 4.69) is 16.2 Å². The number of anilines is 2. The summed E-state index contributed by atoms with van der Waals surface area (Å²) in [5, 5.41) is 2.80. The molecule has 0 aliphatic carbocycles. The monoisotopic (exact) mass is 281 g/mol. The number of carbonyl (C=O) groups is 2. The number of amides is 2. The van der Waals surface area contributed by atoms with Crippen LogP contribution in [-0.2, 0) is 11.2 Å². The van der Waals surface area contributed by atoms with Crippen LogP contribution in [0.15, 0.2) is 48.5 Å². The predicted octanol–water partition coefficient (Wildman–Crippen LogP) is 2.33. The van der Waals surface area contributed by atoms with Gasteiger partial charge in [-0.25, -0.2) is 0 Å². The number of rotatable bonds is 3. The van der Waals surface area contributed by atoms with E-state index in [1.54, 1.807) is 12.1 Å². The molecule has 2 amide bonds. The van der Waals surface area contributed by atoms with Gasteiger partial charge >= 0.3 is 0 Å². The Labute approximate surface area is 122 Å². The second-order valence-electron chi connectivity index (χ2n) is 4.87. The van der Waals surface area contributed by atoms with E-state index in [0.29, 0.717) is 18.4 Å². The average molecular weight is 281 g/mol. The highest BCUT2D eigenvalue weighted by molar-refractivity contribution is 5.98. The van der Waals surface area contributed by atoms with Crippen LogP contribution >= 0.6 is 0 Å². The van der Waals surface area contributed by atoms with Crippen molar-refractivity contribution in [3.8, 4) is 0 Å². The molecule has 0 atom stereocenters. The Kier molecular flexibility index (Phi) is 3.55. The first-order valence-electron chi connectivity index (χ1n) is 6.76. The third kappa shape index (κ3) is 3.02. The van der Waals surface area contributed by atoms with Gasteiger partial charge in [-0.2, -0.15) is 0 Å². The molecule has 0 radical (unpaired) electrons. The lowest BCUT2D eigenvalue weighted by atomic mass is 10.0. The minimum Gasteiger partial charge on any atom is -0.326 e. The van der Waals surface area contributed by atoms with Gasteiger partial charge in [0.1, 0.15) is 0 Å². The van der Waals surface area contributed by atoms with Gasteiger partial charge in [0.15, 0.2) is 0 Å². The first-order valence-corrected chi connectivity index (χ1v) is 6.76. The van der Waals surface area contributed by atoms with E-state index in [9.17, 15) is 9.59 Å².